The normalized spacial score (nSPS) is 14.4. The van der Waals surface area contributed by atoms with Crippen LogP contribution >= 0.6 is 0 Å². The number of phenols is 1. The molecule has 1 amide bonds. The molecule has 0 aromatic heterocycles. The number of para-hydroxylation sites is 1. The fraction of sp³-hybridized carbons (Fsp3) is 0.120. The zero-order valence-corrected chi connectivity index (χ0v) is 18.5. The van der Waals surface area contributed by atoms with Gasteiger partial charge in [-0.15, -0.1) is 0 Å². The van der Waals surface area contributed by atoms with Crippen molar-refractivity contribution in [3.05, 3.63) is 77.4 Å². The number of nitrogens with zero attached hydrogens (tertiary/aromatic N) is 3. The summed E-state index contributed by atoms with van der Waals surface area (Å²) in [5.74, 6) is -1.77. The highest BCUT2D eigenvalue weighted by atomic mass is 16.4. The van der Waals surface area contributed by atoms with E-state index in [9.17, 15) is 24.9 Å². The number of carbonyl (C=O) groups excluding carboxylic acids is 1. The third kappa shape index (κ3) is 4.24. The first-order chi connectivity index (χ1) is 16.3. The number of rotatable bonds is 6. The Labute approximate surface area is 195 Å². The molecule has 0 fully saturated rings. The first-order valence-corrected chi connectivity index (χ1v) is 10.4. The number of aryl methyl sites for hydroxylation is 2. The van der Waals surface area contributed by atoms with Crippen LogP contribution in [0.4, 0.5) is 11.4 Å². The molecule has 0 bridgehead atoms. The second-order valence-electron chi connectivity index (χ2n) is 7.75. The molecular formula is C25H22N4O5. The standard InChI is InChI=1S/C25H22N4O5/c1-14-9-10-18(11-15(14)2)29-24(32)22(21(13-30)28-29)27-26-20-8-4-7-19(23(20)31)16-5-3-6-17(12-16)25(33)34/h3-12,26,30-31H,13H2,1-2H3,(H,33,34)/b27-22-. The Morgan fingerprint density at radius 2 is 1.82 bits per heavy atom. The van der Waals surface area contributed by atoms with Crippen molar-refractivity contribution in [1.29, 1.82) is 0 Å². The fourth-order valence-electron chi connectivity index (χ4n) is 3.49. The number of hydrogen-bond acceptors (Lipinski definition) is 7. The molecule has 4 rings (SSSR count). The number of benzene rings is 3. The number of nitrogens with one attached hydrogen (secondary N) is 1. The molecule has 34 heavy (non-hydrogen) atoms. The third-order valence-corrected chi connectivity index (χ3v) is 5.52. The summed E-state index contributed by atoms with van der Waals surface area (Å²) in [7, 11) is 0. The highest BCUT2D eigenvalue weighted by Gasteiger charge is 2.33. The lowest BCUT2D eigenvalue weighted by atomic mass is 10.0. The molecule has 0 unspecified atom stereocenters. The molecule has 0 saturated heterocycles. The third-order valence-electron chi connectivity index (χ3n) is 5.52. The summed E-state index contributed by atoms with van der Waals surface area (Å²) in [6, 6.07) is 16.5. The van der Waals surface area contributed by atoms with Crippen molar-refractivity contribution in [2.24, 2.45) is 10.2 Å². The van der Waals surface area contributed by atoms with Crippen LogP contribution in [-0.4, -0.2) is 45.2 Å². The van der Waals surface area contributed by atoms with E-state index in [2.05, 4.69) is 15.6 Å². The van der Waals surface area contributed by atoms with Gasteiger partial charge in [-0.25, -0.2) is 4.79 Å². The van der Waals surface area contributed by atoms with E-state index in [0.717, 1.165) is 11.1 Å². The van der Waals surface area contributed by atoms with Gasteiger partial charge in [-0.3, -0.25) is 10.2 Å². The number of hydrogen-bond donors (Lipinski definition) is 4. The van der Waals surface area contributed by atoms with Crippen molar-refractivity contribution in [3.63, 3.8) is 0 Å². The summed E-state index contributed by atoms with van der Waals surface area (Å²) in [6.45, 7) is 3.39. The van der Waals surface area contributed by atoms with Gasteiger partial charge in [0.2, 0.25) is 0 Å². The number of anilines is 2. The van der Waals surface area contributed by atoms with E-state index in [0.29, 0.717) is 16.8 Å². The minimum Gasteiger partial charge on any atom is -0.505 e. The van der Waals surface area contributed by atoms with Gasteiger partial charge in [0.15, 0.2) is 5.71 Å². The van der Waals surface area contributed by atoms with E-state index in [1.165, 1.54) is 17.1 Å². The minimum atomic E-state index is -1.08. The van der Waals surface area contributed by atoms with E-state index in [-0.39, 0.29) is 28.4 Å². The molecule has 0 saturated carbocycles. The lowest BCUT2D eigenvalue weighted by Crippen LogP contribution is -2.29. The minimum absolute atomic E-state index is 0.0838. The van der Waals surface area contributed by atoms with Crippen LogP contribution in [0.2, 0.25) is 0 Å². The predicted molar refractivity (Wildman–Crippen MR) is 129 cm³/mol. The van der Waals surface area contributed by atoms with Crippen LogP contribution in [0.25, 0.3) is 11.1 Å². The number of aliphatic hydroxyl groups excluding tert-OH is 1. The van der Waals surface area contributed by atoms with Crippen LogP contribution in [0.5, 0.6) is 5.75 Å². The average molecular weight is 458 g/mol. The molecule has 0 aliphatic carbocycles. The van der Waals surface area contributed by atoms with Crippen molar-refractivity contribution in [1.82, 2.24) is 0 Å². The number of aromatic hydroxyl groups is 1. The van der Waals surface area contributed by atoms with E-state index < -0.39 is 18.5 Å². The Morgan fingerprint density at radius 1 is 1.06 bits per heavy atom. The van der Waals surface area contributed by atoms with Gasteiger partial charge >= 0.3 is 11.9 Å². The zero-order chi connectivity index (χ0) is 24.4. The molecule has 1 aliphatic heterocycles. The number of carbonyl (C=O) groups is 2. The molecule has 0 radical (unpaired) electrons. The van der Waals surface area contributed by atoms with Crippen LogP contribution in [0.15, 0.2) is 70.9 Å². The molecule has 3 aromatic carbocycles. The monoisotopic (exact) mass is 458 g/mol. The highest BCUT2D eigenvalue weighted by molar-refractivity contribution is 6.72. The maximum absolute atomic E-state index is 13.0. The topological polar surface area (TPSA) is 135 Å². The fourth-order valence-corrected chi connectivity index (χ4v) is 3.49. The largest absolute Gasteiger partial charge is 0.505 e. The van der Waals surface area contributed by atoms with Gasteiger partial charge < -0.3 is 15.3 Å². The van der Waals surface area contributed by atoms with E-state index in [4.69, 9.17) is 0 Å². The quantitative estimate of drug-likeness (QED) is 0.330. The van der Waals surface area contributed by atoms with Gasteiger partial charge in [0.1, 0.15) is 11.5 Å². The Kier molecular flexibility index (Phi) is 6.11. The lowest BCUT2D eigenvalue weighted by molar-refractivity contribution is -0.112. The average Bonchev–Trinajstić information content (AvgIpc) is 3.15. The summed E-state index contributed by atoms with van der Waals surface area (Å²) in [5, 5.41) is 39.2. The molecule has 1 heterocycles. The molecule has 3 aromatic rings. The summed E-state index contributed by atoms with van der Waals surface area (Å²) in [4.78, 5) is 24.3. The summed E-state index contributed by atoms with van der Waals surface area (Å²) >= 11 is 0. The van der Waals surface area contributed by atoms with Gasteiger partial charge in [-0.1, -0.05) is 30.3 Å². The number of carboxylic acid groups (broad SMARTS) is 1. The summed E-state index contributed by atoms with van der Waals surface area (Å²) in [5.41, 5.74) is 6.45. The SMILES string of the molecule is Cc1ccc(N2N=C(CO)/C(=N/Nc3cccc(-c4cccc(C(=O)O)c4)c3O)C2=O)cc1C. The van der Waals surface area contributed by atoms with Crippen molar-refractivity contribution >= 4 is 34.7 Å². The van der Waals surface area contributed by atoms with Crippen LogP contribution in [0, 0.1) is 13.8 Å². The van der Waals surface area contributed by atoms with Crippen molar-refractivity contribution in [3.8, 4) is 16.9 Å². The van der Waals surface area contributed by atoms with E-state index >= 15 is 0 Å². The van der Waals surface area contributed by atoms with Gasteiger partial charge in [0.25, 0.3) is 0 Å². The van der Waals surface area contributed by atoms with Crippen LogP contribution < -0.4 is 10.4 Å². The zero-order valence-electron chi connectivity index (χ0n) is 18.5. The second-order valence-corrected chi connectivity index (χ2v) is 7.75. The van der Waals surface area contributed by atoms with E-state index in [1.807, 2.05) is 26.0 Å². The van der Waals surface area contributed by atoms with Crippen LogP contribution in [0.3, 0.4) is 0 Å². The molecule has 9 heteroatoms. The first kappa shape index (κ1) is 22.7. The van der Waals surface area contributed by atoms with Gasteiger partial charge in [-0.05, 0) is 60.9 Å². The summed E-state index contributed by atoms with van der Waals surface area (Å²) < 4.78 is 0. The molecular weight excluding hydrogens is 436 g/mol. The number of phenolic OH excluding ortho intramolecular Hbond substituents is 1. The Hall–Kier alpha value is -4.50. The number of aliphatic hydroxyl groups is 1. The van der Waals surface area contributed by atoms with Gasteiger partial charge in [0.05, 0.1) is 23.5 Å². The van der Waals surface area contributed by atoms with Gasteiger partial charge in [-0.2, -0.15) is 15.2 Å². The number of carboxylic acids is 1. The van der Waals surface area contributed by atoms with Crippen molar-refractivity contribution in [2.45, 2.75) is 13.8 Å². The number of hydrazone groups is 2. The molecule has 0 atom stereocenters. The molecule has 0 spiro atoms. The first-order valence-electron chi connectivity index (χ1n) is 10.4. The van der Waals surface area contributed by atoms with Crippen LogP contribution in [-0.2, 0) is 4.79 Å². The van der Waals surface area contributed by atoms with Gasteiger partial charge in [0, 0.05) is 5.56 Å². The second kappa shape index (κ2) is 9.16. The molecule has 1 aliphatic rings. The number of aromatic carboxylic acids is 1. The molecule has 172 valence electrons. The van der Waals surface area contributed by atoms with Crippen LogP contribution in [0.1, 0.15) is 21.5 Å². The highest BCUT2D eigenvalue weighted by Crippen LogP contribution is 2.36. The maximum atomic E-state index is 13.0. The smallest absolute Gasteiger partial charge is 0.335 e. The van der Waals surface area contributed by atoms with Crippen molar-refractivity contribution in [2.75, 3.05) is 17.0 Å². The number of amides is 1. The maximum Gasteiger partial charge on any atom is 0.335 e. The lowest BCUT2D eigenvalue weighted by Gasteiger charge is -2.13. The Bertz CT molecular complexity index is 1360. The Balaban J connectivity index is 1.63. The van der Waals surface area contributed by atoms with Crippen molar-refractivity contribution < 1.29 is 24.9 Å². The molecule has 4 N–H and O–H groups in total. The summed E-state index contributed by atoms with van der Waals surface area (Å²) in [6.07, 6.45) is 0. The van der Waals surface area contributed by atoms with E-state index in [1.54, 1.807) is 36.4 Å². The molecule has 9 nitrogen and oxygen atoms in total. The Morgan fingerprint density at radius 3 is 2.53 bits per heavy atom. The predicted octanol–water partition coefficient (Wildman–Crippen LogP) is 3.54.